The molecule has 0 aliphatic heterocycles. The van der Waals surface area contributed by atoms with E-state index in [0.717, 1.165) is 11.1 Å². The molecule has 1 aromatic heterocycles. The zero-order valence-electron chi connectivity index (χ0n) is 14.3. The lowest BCUT2D eigenvalue weighted by atomic mass is 10.1. The largest absolute Gasteiger partial charge is 0.377 e. The minimum absolute atomic E-state index is 0.0120. The molecule has 0 bridgehead atoms. The quantitative estimate of drug-likeness (QED) is 0.537. The van der Waals surface area contributed by atoms with E-state index in [1.807, 2.05) is 31.1 Å². The van der Waals surface area contributed by atoms with Crippen molar-refractivity contribution >= 4 is 38.1 Å². The molecule has 26 heavy (non-hydrogen) atoms. The van der Waals surface area contributed by atoms with Gasteiger partial charge in [-0.05, 0) is 19.1 Å². The van der Waals surface area contributed by atoms with Crippen LogP contribution in [0.2, 0.25) is 0 Å². The van der Waals surface area contributed by atoms with Crippen molar-refractivity contribution in [3.63, 3.8) is 0 Å². The van der Waals surface area contributed by atoms with Crippen molar-refractivity contribution in [1.82, 2.24) is 5.16 Å². The first-order chi connectivity index (χ1) is 12.2. The molecule has 0 unspecified atom stereocenters. The number of aryl methyl sites for hydroxylation is 1. The average molecular weight is 376 g/mol. The Morgan fingerprint density at radius 1 is 1.15 bits per heavy atom. The second-order valence-electron chi connectivity index (χ2n) is 5.83. The average Bonchev–Trinajstić information content (AvgIpc) is 2.93. The lowest BCUT2D eigenvalue weighted by Crippen LogP contribution is -2.14. The number of anilines is 2. The molecule has 0 amide bonds. The SMILES string of the molecule is Cc1noc(NS(=O)(=O)c2cccc3c(N(C)C)cccc23)c1[N+](=O)[O-]. The summed E-state index contributed by atoms with van der Waals surface area (Å²) in [6, 6.07) is 10.2. The lowest BCUT2D eigenvalue weighted by Gasteiger charge is -2.16. The van der Waals surface area contributed by atoms with Crippen LogP contribution < -0.4 is 9.62 Å². The second kappa shape index (κ2) is 6.30. The Hall–Kier alpha value is -3.14. The van der Waals surface area contributed by atoms with Gasteiger partial charge in [-0.3, -0.25) is 10.1 Å². The van der Waals surface area contributed by atoms with Gasteiger partial charge < -0.3 is 9.42 Å². The maximum absolute atomic E-state index is 12.8. The highest BCUT2D eigenvalue weighted by Gasteiger charge is 2.29. The summed E-state index contributed by atoms with van der Waals surface area (Å²) in [5.74, 6) is -0.520. The van der Waals surface area contributed by atoms with Crippen LogP contribution in [0.4, 0.5) is 17.3 Å². The Bertz CT molecular complexity index is 1110. The number of hydrogen-bond donors (Lipinski definition) is 1. The summed E-state index contributed by atoms with van der Waals surface area (Å²) < 4.78 is 32.6. The smallest absolute Gasteiger partial charge is 0.356 e. The van der Waals surface area contributed by atoms with Gasteiger partial charge in [0.05, 0.1) is 9.82 Å². The first kappa shape index (κ1) is 17.7. The van der Waals surface area contributed by atoms with Crippen LogP contribution in [0, 0.1) is 17.0 Å². The Morgan fingerprint density at radius 3 is 2.46 bits per heavy atom. The first-order valence-electron chi connectivity index (χ1n) is 7.55. The molecule has 1 N–H and O–H groups in total. The van der Waals surface area contributed by atoms with Crippen molar-refractivity contribution < 1.29 is 17.9 Å². The topological polar surface area (TPSA) is 119 Å². The minimum Gasteiger partial charge on any atom is -0.377 e. The molecule has 0 saturated heterocycles. The Morgan fingerprint density at radius 2 is 1.81 bits per heavy atom. The summed E-state index contributed by atoms with van der Waals surface area (Å²) >= 11 is 0. The maximum Gasteiger partial charge on any atom is 0.356 e. The molecule has 10 heteroatoms. The molecule has 0 aliphatic rings. The van der Waals surface area contributed by atoms with E-state index >= 15 is 0 Å². The number of sulfonamides is 1. The van der Waals surface area contributed by atoms with Crippen LogP contribution in [0.15, 0.2) is 45.8 Å². The normalized spacial score (nSPS) is 11.5. The Balaban J connectivity index is 2.14. The standard InChI is InChI=1S/C16H16N4O5S/c1-10-15(20(21)22)16(25-17-10)18-26(23,24)14-9-5-6-11-12(14)7-4-8-13(11)19(2)3/h4-9,18H,1-3H3. The van der Waals surface area contributed by atoms with Crippen LogP contribution in [-0.2, 0) is 10.0 Å². The van der Waals surface area contributed by atoms with Gasteiger partial charge in [0.2, 0.25) is 0 Å². The molecular formula is C16H16N4O5S. The molecule has 9 nitrogen and oxygen atoms in total. The molecule has 0 saturated carbocycles. The van der Waals surface area contributed by atoms with Gasteiger partial charge in [0.15, 0.2) is 5.69 Å². The van der Waals surface area contributed by atoms with Gasteiger partial charge in [-0.1, -0.05) is 29.4 Å². The van der Waals surface area contributed by atoms with Crippen molar-refractivity contribution in [1.29, 1.82) is 0 Å². The highest BCUT2D eigenvalue weighted by atomic mass is 32.2. The third kappa shape index (κ3) is 2.94. The van der Waals surface area contributed by atoms with E-state index in [1.54, 1.807) is 18.2 Å². The molecule has 3 aromatic rings. The van der Waals surface area contributed by atoms with E-state index in [1.165, 1.54) is 13.0 Å². The number of hydrogen-bond acceptors (Lipinski definition) is 7. The molecule has 0 fully saturated rings. The maximum atomic E-state index is 12.8. The van der Waals surface area contributed by atoms with Crippen LogP contribution in [0.25, 0.3) is 10.8 Å². The van der Waals surface area contributed by atoms with Crippen LogP contribution in [0.1, 0.15) is 5.69 Å². The predicted molar refractivity (Wildman–Crippen MR) is 97.0 cm³/mol. The molecule has 0 atom stereocenters. The molecule has 0 spiro atoms. The van der Waals surface area contributed by atoms with E-state index in [4.69, 9.17) is 4.52 Å². The zero-order chi connectivity index (χ0) is 19.1. The monoisotopic (exact) mass is 376 g/mol. The van der Waals surface area contributed by atoms with Gasteiger partial charge in [0, 0.05) is 30.6 Å². The molecular weight excluding hydrogens is 360 g/mol. The number of fused-ring (bicyclic) bond motifs is 1. The first-order valence-corrected chi connectivity index (χ1v) is 9.03. The van der Waals surface area contributed by atoms with Crippen molar-refractivity contribution in [2.45, 2.75) is 11.8 Å². The van der Waals surface area contributed by atoms with Crippen LogP contribution in [0.3, 0.4) is 0 Å². The van der Waals surface area contributed by atoms with E-state index in [2.05, 4.69) is 9.88 Å². The van der Waals surface area contributed by atoms with Crippen molar-refractivity contribution in [3.8, 4) is 0 Å². The van der Waals surface area contributed by atoms with E-state index in [9.17, 15) is 18.5 Å². The zero-order valence-corrected chi connectivity index (χ0v) is 15.1. The summed E-state index contributed by atoms with van der Waals surface area (Å²) in [7, 11) is -0.420. The summed E-state index contributed by atoms with van der Waals surface area (Å²) in [6.07, 6.45) is 0. The van der Waals surface area contributed by atoms with Gasteiger partial charge in [0.1, 0.15) is 0 Å². The van der Waals surface area contributed by atoms with Crippen molar-refractivity contribution in [3.05, 3.63) is 52.2 Å². The number of nitrogens with zero attached hydrogens (tertiary/aromatic N) is 3. The van der Waals surface area contributed by atoms with E-state index < -0.39 is 26.5 Å². The fraction of sp³-hybridized carbons (Fsp3) is 0.188. The highest BCUT2D eigenvalue weighted by Crippen LogP contribution is 2.33. The number of benzene rings is 2. The third-order valence-electron chi connectivity index (χ3n) is 3.87. The van der Waals surface area contributed by atoms with Crippen LogP contribution in [0.5, 0.6) is 0 Å². The number of nitrogens with one attached hydrogen (secondary N) is 1. The van der Waals surface area contributed by atoms with Crippen LogP contribution >= 0.6 is 0 Å². The third-order valence-corrected chi connectivity index (χ3v) is 5.26. The summed E-state index contributed by atoms with van der Waals surface area (Å²) in [5.41, 5.74) is 0.323. The van der Waals surface area contributed by atoms with E-state index in [0.29, 0.717) is 5.39 Å². The molecule has 0 aliphatic carbocycles. The summed E-state index contributed by atoms with van der Waals surface area (Å²) in [6.45, 7) is 1.36. The van der Waals surface area contributed by atoms with Crippen molar-refractivity contribution in [2.75, 3.05) is 23.7 Å². The fourth-order valence-electron chi connectivity index (χ4n) is 2.71. The molecule has 2 aromatic carbocycles. The molecule has 1 heterocycles. The van der Waals surface area contributed by atoms with E-state index in [-0.39, 0.29) is 10.6 Å². The lowest BCUT2D eigenvalue weighted by molar-refractivity contribution is -0.384. The summed E-state index contributed by atoms with van der Waals surface area (Å²) in [4.78, 5) is 12.2. The van der Waals surface area contributed by atoms with Gasteiger partial charge in [-0.2, -0.15) is 0 Å². The van der Waals surface area contributed by atoms with Gasteiger partial charge in [0.25, 0.3) is 10.0 Å². The number of nitro groups is 1. The summed E-state index contributed by atoms with van der Waals surface area (Å²) in [5, 5.41) is 15.8. The minimum atomic E-state index is -4.13. The Labute approximate surface area is 149 Å². The number of aromatic nitrogens is 1. The van der Waals surface area contributed by atoms with Crippen LogP contribution in [-0.4, -0.2) is 32.6 Å². The van der Waals surface area contributed by atoms with Gasteiger partial charge in [-0.15, -0.1) is 0 Å². The molecule has 136 valence electrons. The van der Waals surface area contributed by atoms with Crippen molar-refractivity contribution in [2.24, 2.45) is 0 Å². The fourth-order valence-corrected chi connectivity index (χ4v) is 3.93. The Kier molecular flexibility index (Phi) is 4.28. The molecule has 3 rings (SSSR count). The number of rotatable bonds is 5. The predicted octanol–water partition coefficient (Wildman–Crippen LogP) is 2.91. The molecule has 0 radical (unpaired) electrons. The van der Waals surface area contributed by atoms with Gasteiger partial charge >= 0.3 is 11.6 Å². The highest BCUT2D eigenvalue weighted by molar-refractivity contribution is 7.93. The second-order valence-corrected chi connectivity index (χ2v) is 7.48. The van der Waals surface area contributed by atoms with Gasteiger partial charge in [-0.25, -0.2) is 13.1 Å².